The average molecular weight is 299 g/mol. The number of hydrogen-bond donors (Lipinski definition) is 2. The molecular weight excluding hydrogens is 280 g/mol. The third-order valence-corrected chi connectivity index (χ3v) is 3.28. The Kier molecular flexibility index (Phi) is 4.57. The van der Waals surface area contributed by atoms with Crippen LogP contribution in [-0.4, -0.2) is 12.1 Å². The molecule has 1 aromatic carbocycles. The first-order valence-corrected chi connectivity index (χ1v) is 6.41. The van der Waals surface area contributed by atoms with Crippen molar-refractivity contribution >= 4 is 27.6 Å². The van der Waals surface area contributed by atoms with Gasteiger partial charge in [-0.2, -0.15) is 0 Å². The quantitative estimate of drug-likeness (QED) is 0.851. The molecule has 1 rings (SSSR count). The molecule has 0 fully saturated rings. The Hall–Kier alpha value is -1.03. The molecule has 0 aliphatic rings. The van der Waals surface area contributed by atoms with Gasteiger partial charge >= 0.3 is 6.03 Å². The predicted octanol–water partition coefficient (Wildman–Crippen LogP) is 4.01. The molecule has 0 spiro atoms. The van der Waals surface area contributed by atoms with Crippen molar-refractivity contribution in [1.82, 2.24) is 5.32 Å². The monoisotopic (exact) mass is 298 g/mol. The Labute approximate surface area is 111 Å². The van der Waals surface area contributed by atoms with Crippen molar-refractivity contribution in [3.63, 3.8) is 0 Å². The molecule has 0 aliphatic heterocycles. The number of halogens is 1. The number of nitrogens with one attached hydrogen (secondary N) is 2. The van der Waals surface area contributed by atoms with E-state index in [1.165, 1.54) is 0 Å². The van der Waals surface area contributed by atoms with Crippen LogP contribution in [0.2, 0.25) is 0 Å². The van der Waals surface area contributed by atoms with E-state index in [9.17, 15) is 4.79 Å². The molecule has 0 saturated heterocycles. The van der Waals surface area contributed by atoms with Gasteiger partial charge in [-0.25, -0.2) is 4.79 Å². The van der Waals surface area contributed by atoms with Crippen molar-refractivity contribution < 1.29 is 4.79 Å². The van der Waals surface area contributed by atoms with Crippen LogP contribution in [0, 0.1) is 5.41 Å². The van der Waals surface area contributed by atoms with E-state index in [4.69, 9.17) is 0 Å². The molecule has 0 aromatic heterocycles. The third kappa shape index (κ3) is 4.77. The first-order valence-electron chi connectivity index (χ1n) is 5.62. The molecule has 0 bridgehead atoms. The lowest BCUT2D eigenvalue weighted by Gasteiger charge is -2.28. The Morgan fingerprint density at radius 3 is 2.24 bits per heavy atom. The van der Waals surface area contributed by atoms with Crippen LogP contribution in [0.3, 0.4) is 0 Å². The summed E-state index contributed by atoms with van der Waals surface area (Å²) in [6.45, 7) is 8.29. The summed E-state index contributed by atoms with van der Waals surface area (Å²) in [7, 11) is 0. The number of urea groups is 1. The molecule has 1 atom stereocenters. The Balaban J connectivity index is 2.53. The van der Waals surface area contributed by atoms with E-state index >= 15 is 0 Å². The second-order valence-electron chi connectivity index (χ2n) is 5.19. The molecule has 3 nitrogen and oxygen atoms in total. The highest BCUT2D eigenvalue weighted by Gasteiger charge is 2.21. The minimum absolute atomic E-state index is 0.0526. The molecule has 0 radical (unpaired) electrons. The van der Waals surface area contributed by atoms with Crippen molar-refractivity contribution in [2.24, 2.45) is 5.41 Å². The van der Waals surface area contributed by atoms with Crippen LogP contribution in [0.1, 0.15) is 27.7 Å². The summed E-state index contributed by atoms with van der Waals surface area (Å²) in [5.41, 5.74) is 0.837. The maximum Gasteiger partial charge on any atom is 0.319 e. The van der Waals surface area contributed by atoms with Gasteiger partial charge in [0.1, 0.15) is 0 Å². The zero-order valence-electron chi connectivity index (χ0n) is 10.7. The second-order valence-corrected chi connectivity index (χ2v) is 6.11. The SMILES string of the molecule is C[C@H](NC(=O)Nc1ccc(Br)cc1)C(C)(C)C. The number of carbonyl (C=O) groups is 1. The highest BCUT2D eigenvalue weighted by molar-refractivity contribution is 9.10. The van der Waals surface area contributed by atoms with Crippen LogP contribution < -0.4 is 10.6 Å². The van der Waals surface area contributed by atoms with E-state index in [1.807, 2.05) is 31.2 Å². The van der Waals surface area contributed by atoms with E-state index in [-0.39, 0.29) is 17.5 Å². The molecule has 94 valence electrons. The summed E-state index contributed by atoms with van der Waals surface area (Å²) in [6, 6.07) is 7.43. The second kappa shape index (κ2) is 5.54. The Morgan fingerprint density at radius 1 is 1.24 bits per heavy atom. The lowest BCUT2D eigenvalue weighted by atomic mass is 9.88. The van der Waals surface area contributed by atoms with Gasteiger partial charge in [0.05, 0.1) is 0 Å². The molecule has 0 heterocycles. The summed E-state index contributed by atoms with van der Waals surface area (Å²) < 4.78 is 0.992. The van der Waals surface area contributed by atoms with Gasteiger partial charge in [-0.1, -0.05) is 36.7 Å². The Bertz CT molecular complexity index is 381. The molecule has 2 N–H and O–H groups in total. The summed E-state index contributed by atoms with van der Waals surface area (Å²) in [5, 5.41) is 5.72. The highest BCUT2D eigenvalue weighted by atomic mass is 79.9. The number of rotatable bonds is 2. The zero-order chi connectivity index (χ0) is 13.1. The minimum Gasteiger partial charge on any atom is -0.335 e. The number of hydrogen-bond acceptors (Lipinski definition) is 1. The lowest BCUT2D eigenvalue weighted by molar-refractivity contribution is 0.233. The summed E-state index contributed by atoms with van der Waals surface area (Å²) in [5.74, 6) is 0. The van der Waals surface area contributed by atoms with Crippen LogP contribution in [0.4, 0.5) is 10.5 Å². The van der Waals surface area contributed by atoms with Crippen LogP contribution in [0.25, 0.3) is 0 Å². The van der Waals surface area contributed by atoms with Crippen molar-refractivity contribution in [2.45, 2.75) is 33.7 Å². The van der Waals surface area contributed by atoms with E-state index in [0.717, 1.165) is 10.2 Å². The first-order chi connectivity index (χ1) is 7.79. The maximum absolute atomic E-state index is 11.7. The fourth-order valence-corrected chi connectivity index (χ4v) is 1.38. The average Bonchev–Trinajstić information content (AvgIpc) is 2.20. The Morgan fingerprint density at radius 2 is 1.76 bits per heavy atom. The molecule has 4 heteroatoms. The standard InChI is InChI=1S/C13H19BrN2O/c1-9(13(2,3)4)15-12(17)16-11-7-5-10(14)6-8-11/h5-9H,1-4H3,(H2,15,16,17)/t9-/m0/s1. The van der Waals surface area contributed by atoms with E-state index < -0.39 is 0 Å². The number of amides is 2. The minimum atomic E-state index is -0.172. The number of benzene rings is 1. The van der Waals surface area contributed by atoms with Gasteiger partial charge in [-0.3, -0.25) is 0 Å². The number of carbonyl (C=O) groups excluding carboxylic acids is 1. The van der Waals surface area contributed by atoms with Gasteiger partial charge in [0.15, 0.2) is 0 Å². The molecule has 0 unspecified atom stereocenters. The normalized spacial score (nSPS) is 13.0. The van der Waals surface area contributed by atoms with Crippen LogP contribution in [-0.2, 0) is 0 Å². The van der Waals surface area contributed by atoms with E-state index in [1.54, 1.807) is 0 Å². The fourth-order valence-electron chi connectivity index (χ4n) is 1.11. The van der Waals surface area contributed by atoms with Crippen molar-refractivity contribution in [3.8, 4) is 0 Å². The smallest absolute Gasteiger partial charge is 0.319 e. The van der Waals surface area contributed by atoms with Crippen LogP contribution in [0.15, 0.2) is 28.7 Å². The summed E-state index contributed by atoms with van der Waals surface area (Å²) in [6.07, 6.45) is 0. The maximum atomic E-state index is 11.7. The third-order valence-electron chi connectivity index (χ3n) is 2.75. The van der Waals surface area contributed by atoms with E-state index in [2.05, 4.69) is 47.3 Å². The largest absolute Gasteiger partial charge is 0.335 e. The topological polar surface area (TPSA) is 41.1 Å². The summed E-state index contributed by atoms with van der Waals surface area (Å²) >= 11 is 3.35. The van der Waals surface area contributed by atoms with Crippen molar-refractivity contribution in [3.05, 3.63) is 28.7 Å². The molecular formula is C13H19BrN2O. The van der Waals surface area contributed by atoms with Gasteiger partial charge in [-0.15, -0.1) is 0 Å². The van der Waals surface area contributed by atoms with E-state index in [0.29, 0.717) is 0 Å². The van der Waals surface area contributed by atoms with Gasteiger partial charge in [0, 0.05) is 16.2 Å². The first kappa shape index (κ1) is 14.0. The highest BCUT2D eigenvalue weighted by Crippen LogP contribution is 2.19. The molecule has 1 aromatic rings. The summed E-state index contributed by atoms with van der Waals surface area (Å²) in [4.78, 5) is 11.7. The van der Waals surface area contributed by atoms with Crippen LogP contribution in [0.5, 0.6) is 0 Å². The molecule has 0 saturated carbocycles. The predicted molar refractivity (Wildman–Crippen MR) is 75.2 cm³/mol. The van der Waals surface area contributed by atoms with Gasteiger partial charge in [0.2, 0.25) is 0 Å². The van der Waals surface area contributed by atoms with Crippen molar-refractivity contribution in [1.29, 1.82) is 0 Å². The molecule has 0 aliphatic carbocycles. The lowest BCUT2D eigenvalue weighted by Crippen LogP contribution is -2.43. The van der Waals surface area contributed by atoms with Crippen LogP contribution >= 0.6 is 15.9 Å². The van der Waals surface area contributed by atoms with Gasteiger partial charge < -0.3 is 10.6 Å². The zero-order valence-corrected chi connectivity index (χ0v) is 12.3. The van der Waals surface area contributed by atoms with Crippen molar-refractivity contribution in [2.75, 3.05) is 5.32 Å². The van der Waals surface area contributed by atoms with Gasteiger partial charge in [-0.05, 0) is 36.6 Å². The fraction of sp³-hybridized carbons (Fsp3) is 0.462. The molecule has 17 heavy (non-hydrogen) atoms. The number of anilines is 1. The van der Waals surface area contributed by atoms with Gasteiger partial charge in [0.25, 0.3) is 0 Å². The molecule has 2 amide bonds.